The molecule has 3 N–H and O–H groups in total. The van der Waals surface area contributed by atoms with Gasteiger partial charge < -0.3 is 11.1 Å². The molecule has 0 spiro atoms. The Hall–Kier alpha value is -1.63. The van der Waals surface area contributed by atoms with Gasteiger partial charge in [-0.3, -0.25) is 4.79 Å². The molecule has 0 saturated heterocycles. The number of carbonyl (C=O) groups excluding carboxylic acids is 1. The first-order chi connectivity index (χ1) is 9.19. The van der Waals surface area contributed by atoms with E-state index in [1.54, 1.807) is 6.07 Å². The number of hydrogen-bond donors (Lipinski definition) is 2. The molecule has 20 heavy (non-hydrogen) atoms. The predicted octanol–water partition coefficient (Wildman–Crippen LogP) is 0.952. The minimum atomic E-state index is -2.99. The summed E-state index contributed by atoms with van der Waals surface area (Å²) in [6, 6.07) is 3.21. The lowest BCUT2D eigenvalue weighted by Crippen LogP contribution is -2.26. The molecule has 0 aliphatic carbocycles. The van der Waals surface area contributed by atoms with Gasteiger partial charge in [0.15, 0.2) is 0 Å². The van der Waals surface area contributed by atoms with Gasteiger partial charge in [-0.1, -0.05) is 13.8 Å². The third-order valence-electron chi connectivity index (χ3n) is 2.70. The monoisotopic (exact) mass is 299 g/mol. The SMILES string of the molecule is CC(C)c1cc(C(=O)NCCCS(C)(=O)=O)cc(N)n1. The van der Waals surface area contributed by atoms with Crippen LogP contribution in [-0.4, -0.2) is 37.9 Å². The van der Waals surface area contributed by atoms with Gasteiger partial charge in [0.2, 0.25) is 0 Å². The number of pyridine rings is 1. The van der Waals surface area contributed by atoms with Crippen LogP contribution in [0.1, 0.15) is 42.2 Å². The summed E-state index contributed by atoms with van der Waals surface area (Å²) in [5, 5.41) is 2.68. The van der Waals surface area contributed by atoms with Crippen molar-refractivity contribution in [3.8, 4) is 0 Å². The summed E-state index contributed by atoms with van der Waals surface area (Å²) in [5.74, 6) is 0.269. The second-order valence-corrected chi connectivity index (χ2v) is 7.36. The standard InChI is InChI=1S/C13H21N3O3S/c1-9(2)11-7-10(8-12(14)16-11)13(17)15-5-4-6-20(3,18)19/h7-9H,4-6H2,1-3H3,(H2,14,16)(H,15,17). The van der Waals surface area contributed by atoms with Gasteiger partial charge >= 0.3 is 0 Å². The van der Waals surface area contributed by atoms with Crippen LogP contribution in [0.3, 0.4) is 0 Å². The second-order valence-electron chi connectivity index (χ2n) is 5.10. The van der Waals surface area contributed by atoms with Gasteiger partial charge in [0.05, 0.1) is 5.75 Å². The van der Waals surface area contributed by atoms with Crippen LogP contribution >= 0.6 is 0 Å². The Labute approximate surface area is 119 Å². The number of nitrogens with zero attached hydrogens (tertiary/aromatic N) is 1. The topological polar surface area (TPSA) is 102 Å². The minimum Gasteiger partial charge on any atom is -0.384 e. The van der Waals surface area contributed by atoms with Gasteiger partial charge in [0.25, 0.3) is 5.91 Å². The summed E-state index contributed by atoms with van der Waals surface area (Å²) in [5.41, 5.74) is 6.88. The first-order valence-electron chi connectivity index (χ1n) is 6.42. The normalized spacial score (nSPS) is 11.6. The first kappa shape index (κ1) is 16.4. The number of hydrogen-bond acceptors (Lipinski definition) is 5. The van der Waals surface area contributed by atoms with Crippen LogP contribution in [0.5, 0.6) is 0 Å². The third kappa shape index (κ3) is 5.56. The number of nitrogens with two attached hydrogens (primary N) is 1. The van der Waals surface area contributed by atoms with Crippen molar-refractivity contribution in [3.05, 3.63) is 23.4 Å². The van der Waals surface area contributed by atoms with E-state index < -0.39 is 9.84 Å². The fourth-order valence-electron chi connectivity index (χ4n) is 1.64. The number of anilines is 1. The zero-order chi connectivity index (χ0) is 15.3. The molecule has 1 aromatic rings. The number of amides is 1. The van der Waals surface area contributed by atoms with E-state index in [0.717, 1.165) is 5.69 Å². The Morgan fingerprint density at radius 2 is 2.05 bits per heavy atom. The molecule has 0 fully saturated rings. The van der Waals surface area contributed by atoms with Gasteiger partial charge in [0.1, 0.15) is 15.7 Å². The molecule has 0 aromatic carbocycles. The van der Waals surface area contributed by atoms with E-state index in [1.165, 1.54) is 12.3 Å². The fraction of sp³-hybridized carbons (Fsp3) is 0.538. The van der Waals surface area contributed by atoms with Gasteiger partial charge in [-0.25, -0.2) is 13.4 Å². The van der Waals surface area contributed by atoms with Crippen molar-refractivity contribution in [1.82, 2.24) is 10.3 Å². The number of nitrogens with one attached hydrogen (secondary N) is 1. The maximum atomic E-state index is 12.0. The molecule has 0 saturated carbocycles. The molecule has 6 nitrogen and oxygen atoms in total. The van der Waals surface area contributed by atoms with Gasteiger partial charge in [-0.2, -0.15) is 0 Å². The zero-order valence-electron chi connectivity index (χ0n) is 12.0. The highest BCUT2D eigenvalue weighted by atomic mass is 32.2. The molecule has 1 rings (SSSR count). The van der Waals surface area contributed by atoms with Crippen molar-refractivity contribution < 1.29 is 13.2 Å². The fourth-order valence-corrected chi connectivity index (χ4v) is 2.31. The minimum absolute atomic E-state index is 0.0585. The summed E-state index contributed by atoms with van der Waals surface area (Å²) >= 11 is 0. The van der Waals surface area contributed by atoms with Crippen molar-refractivity contribution >= 4 is 21.6 Å². The van der Waals surface area contributed by atoms with E-state index in [-0.39, 0.29) is 17.6 Å². The lowest BCUT2D eigenvalue weighted by molar-refractivity contribution is 0.0953. The summed E-state index contributed by atoms with van der Waals surface area (Å²) in [6.45, 7) is 4.25. The number of nitrogen functional groups attached to an aromatic ring is 1. The molecule has 0 bridgehead atoms. The van der Waals surface area contributed by atoms with E-state index in [0.29, 0.717) is 24.3 Å². The van der Waals surface area contributed by atoms with Crippen molar-refractivity contribution in [2.45, 2.75) is 26.2 Å². The molecule has 1 amide bonds. The van der Waals surface area contributed by atoms with Crippen molar-refractivity contribution in [3.63, 3.8) is 0 Å². The summed E-state index contributed by atoms with van der Waals surface area (Å²) in [7, 11) is -2.99. The van der Waals surface area contributed by atoms with Crippen LogP contribution in [0.25, 0.3) is 0 Å². The Kier molecular flexibility index (Phi) is 5.50. The molecule has 0 aliphatic heterocycles. The highest BCUT2D eigenvalue weighted by Gasteiger charge is 2.11. The molecule has 0 aliphatic rings. The van der Waals surface area contributed by atoms with Crippen LogP contribution in [0.2, 0.25) is 0 Å². The van der Waals surface area contributed by atoms with Crippen LogP contribution < -0.4 is 11.1 Å². The highest BCUT2D eigenvalue weighted by molar-refractivity contribution is 7.90. The number of sulfone groups is 1. The quantitative estimate of drug-likeness (QED) is 0.761. The largest absolute Gasteiger partial charge is 0.384 e. The summed E-state index contributed by atoms with van der Waals surface area (Å²) in [4.78, 5) is 16.1. The molecular formula is C13H21N3O3S. The smallest absolute Gasteiger partial charge is 0.251 e. The average molecular weight is 299 g/mol. The Bertz CT molecular complexity index is 583. The van der Waals surface area contributed by atoms with Crippen LogP contribution in [-0.2, 0) is 9.84 Å². The molecular weight excluding hydrogens is 278 g/mol. The molecule has 0 radical (unpaired) electrons. The molecule has 0 atom stereocenters. The van der Waals surface area contributed by atoms with E-state index in [2.05, 4.69) is 10.3 Å². The lowest BCUT2D eigenvalue weighted by atomic mass is 10.1. The second kappa shape index (κ2) is 6.69. The predicted molar refractivity (Wildman–Crippen MR) is 79.4 cm³/mol. The average Bonchev–Trinajstić information content (AvgIpc) is 2.32. The summed E-state index contributed by atoms with van der Waals surface area (Å²) < 4.78 is 21.9. The molecule has 1 heterocycles. The Morgan fingerprint density at radius 3 is 2.60 bits per heavy atom. The maximum absolute atomic E-state index is 12.0. The summed E-state index contributed by atoms with van der Waals surface area (Å²) in [6.07, 6.45) is 1.56. The van der Waals surface area contributed by atoms with Crippen molar-refractivity contribution in [2.75, 3.05) is 24.3 Å². The molecule has 7 heteroatoms. The van der Waals surface area contributed by atoms with Crippen LogP contribution in [0.4, 0.5) is 5.82 Å². The van der Waals surface area contributed by atoms with Crippen LogP contribution in [0, 0.1) is 0 Å². The van der Waals surface area contributed by atoms with E-state index >= 15 is 0 Å². The number of aromatic nitrogens is 1. The zero-order valence-corrected chi connectivity index (χ0v) is 12.8. The maximum Gasteiger partial charge on any atom is 0.251 e. The van der Waals surface area contributed by atoms with E-state index in [1.807, 2.05) is 13.8 Å². The van der Waals surface area contributed by atoms with Crippen molar-refractivity contribution in [1.29, 1.82) is 0 Å². The van der Waals surface area contributed by atoms with Gasteiger partial charge in [-0.05, 0) is 24.5 Å². The highest BCUT2D eigenvalue weighted by Crippen LogP contribution is 2.15. The van der Waals surface area contributed by atoms with E-state index in [9.17, 15) is 13.2 Å². The third-order valence-corrected chi connectivity index (χ3v) is 3.73. The van der Waals surface area contributed by atoms with Crippen LogP contribution in [0.15, 0.2) is 12.1 Å². The lowest BCUT2D eigenvalue weighted by Gasteiger charge is -2.09. The number of rotatable bonds is 6. The molecule has 1 aromatic heterocycles. The molecule has 0 unspecified atom stereocenters. The van der Waals surface area contributed by atoms with Gasteiger partial charge in [0, 0.05) is 24.1 Å². The van der Waals surface area contributed by atoms with E-state index in [4.69, 9.17) is 5.73 Å². The Morgan fingerprint density at radius 1 is 1.40 bits per heavy atom. The van der Waals surface area contributed by atoms with Gasteiger partial charge in [-0.15, -0.1) is 0 Å². The first-order valence-corrected chi connectivity index (χ1v) is 8.48. The van der Waals surface area contributed by atoms with Crippen molar-refractivity contribution in [2.24, 2.45) is 0 Å². The number of carbonyl (C=O) groups is 1. The Balaban J connectivity index is 2.64. The molecule has 112 valence electrons.